The summed E-state index contributed by atoms with van der Waals surface area (Å²) >= 11 is 0. The van der Waals surface area contributed by atoms with Crippen molar-refractivity contribution < 1.29 is 18.7 Å². The molecule has 0 bridgehead atoms. The fourth-order valence-corrected chi connectivity index (χ4v) is 3.14. The quantitative estimate of drug-likeness (QED) is 0.872. The molecule has 2 aromatic rings. The number of carbonyl (C=O) groups excluding carboxylic acids is 2. The van der Waals surface area contributed by atoms with Gasteiger partial charge in [-0.15, -0.1) is 0 Å². The molecule has 1 N–H and O–H groups in total. The second-order valence-electron chi connectivity index (χ2n) is 6.37. The highest BCUT2D eigenvalue weighted by atomic mass is 19.1. The molecule has 1 saturated heterocycles. The Morgan fingerprint density at radius 1 is 1.33 bits per heavy atom. The van der Waals surface area contributed by atoms with Gasteiger partial charge in [0, 0.05) is 25.5 Å². The first-order valence-electron chi connectivity index (χ1n) is 8.68. The third-order valence-electron chi connectivity index (χ3n) is 4.48. The number of halogens is 1. The Bertz CT molecular complexity index is 841. The summed E-state index contributed by atoms with van der Waals surface area (Å²) in [6.45, 7) is 2.39. The average molecular weight is 372 g/mol. The van der Waals surface area contributed by atoms with Crippen LogP contribution < -0.4 is 5.32 Å². The number of amides is 2. The van der Waals surface area contributed by atoms with Crippen molar-refractivity contribution in [1.29, 1.82) is 0 Å². The molecule has 2 amide bonds. The van der Waals surface area contributed by atoms with Crippen LogP contribution in [0.1, 0.15) is 40.8 Å². The van der Waals surface area contributed by atoms with E-state index in [4.69, 9.17) is 4.74 Å². The van der Waals surface area contributed by atoms with E-state index in [1.807, 2.05) is 0 Å². The molecule has 8 heteroatoms. The summed E-state index contributed by atoms with van der Waals surface area (Å²) in [6.07, 6.45) is 3.11. The summed E-state index contributed by atoms with van der Waals surface area (Å²) in [5.74, 6) is -0.322. The number of methoxy groups -OCH3 is 1. The summed E-state index contributed by atoms with van der Waals surface area (Å²) < 4.78 is 17.9. The molecule has 0 unspecified atom stereocenters. The molecular formula is C19H21FN4O3. The van der Waals surface area contributed by atoms with E-state index in [2.05, 4.69) is 15.3 Å². The first kappa shape index (κ1) is 18.9. The van der Waals surface area contributed by atoms with Crippen LogP contribution >= 0.6 is 0 Å². The molecule has 1 atom stereocenters. The number of likely N-dealkylation sites (tertiary alicyclic amines) is 1. The van der Waals surface area contributed by atoms with Gasteiger partial charge in [-0.3, -0.25) is 9.59 Å². The minimum Gasteiger partial charge on any atom is -0.375 e. The standard InChI is InChI=1S/C19H21FN4O3/c1-12-15(19(26)23-14-7-5-13(20)6-8-14)10-21-18(22-12)16-4-3-9-24(16)17(25)11-27-2/h5-8,10,16H,3-4,9,11H2,1-2H3,(H,23,26)/t16-/m0/s1. The first-order valence-corrected chi connectivity index (χ1v) is 8.68. The Morgan fingerprint density at radius 3 is 2.74 bits per heavy atom. The molecule has 7 nitrogen and oxygen atoms in total. The molecule has 0 aliphatic carbocycles. The van der Waals surface area contributed by atoms with E-state index in [-0.39, 0.29) is 30.3 Å². The van der Waals surface area contributed by atoms with Crippen LogP contribution in [0.4, 0.5) is 10.1 Å². The Balaban J connectivity index is 1.76. The molecule has 1 aliphatic rings. The van der Waals surface area contributed by atoms with Gasteiger partial charge in [-0.25, -0.2) is 14.4 Å². The molecule has 142 valence electrons. The van der Waals surface area contributed by atoms with Gasteiger partial charge in [0.15, 0.2) is 5.82 Å². The predicted octanol–water partition coefficient (Wildman–Crippen LogP) is 2.49. The average Bonchev–Trinajstić information content (AvgIpc) is 3.13. The number of nitrogens with zero attached hydrogens (tertiary/aromatic N) is 3. The van der Waals surface area contributed by atoms with E-state index in [0.29, 0.717) is 29.3 Å². The van der Waals surface area contributed by atoms with Crippen LogP contribution in [0.3, 0.4) is 0 Å². The minimum absolute atomic E-state index is 0.0215. The third-order valence-corrected chi connectivity index (χ3v) is 4.48. The number of aryl methyl sites for hydroxylation is 1. The summed E-state index contributed by atoms with van der Waals surface area (Å²) in [6, 6.07) is 5.30. The Kier molecular flexibility index (Phi) is 5.75. The molecule has 0 radical (unpaired) electrons. The van der Waals surface area contributed by atoms with Crippen molar-refractivity contribution in [3.63, 3.8) is 0 Å². The lowest BCUT2D eigenvalue weighted by molar-refractivity contribution is -0.136. The van der Waals surface area contributed by atoms with Gasteiger partial charge in [0.05, 0.1) is 17.3 Å². The maximum atomic E-state index is 13.0. The van der Waals surface area contributed by atoms with Gasteiger partial charge in [0.1, 0.15) is 12.4 Å². The maximum Gasteiger partial charge on any atom is 0.259 e. The van der Waals surface area contributed by atoms with Crippen LogP contribution in [0, 0.1) is 12.7 Å². The number of hydrogen-bond donors (Lipinski definition) is 1. The van der Waals surface area contributed by atoms with Gasteiger partial charge in [0.2, 0.25) is 5.91 Å². The summed E-state index contributed by atoms with van der Waals surface area (Å²) in [5, 5.41) is 2.69. The molecule has 3 rings (SSSR count). The number of hydrogen-bond acceptors (Lipinski definition) is 5. The molecule has 27 heavy (non-hydrogen) atoms. The number of rotatable bonds is 5. The molecule has 1 aromatic heterocycles. The monoisotopic (exact) mass is 372 g/mol. The maximum absolute atomic E-state index is 13.0. The highest BCUT2D eigenvalue weighted by molar-refractivity contribution is 6.04. The zero-order valence-corrected chi connectivity index (χ0v) is 15.2. The molecule has 0 spiro atoms. The molecular weight excluding hydrogens is 351 g/mol. The smallest absolute Gasteiger partial charge is 0.259 e. The Morgan fingerprint density at radius 2 is 2.07 bits per heavy atom. The normalized spacial score (nSPS) is 16.4. The fourth-order valence-electron chi connectivity index (χ4n) is 3.14. The Hall–Kier alpha value is -2.87. The van der Waals surface area contributed by atoms with Gasteiger partial charge < -0.3 is 15.0 Å². The van der Waals surface area contributed by atoms with Crippen molar-refractivity contribution in [2.45, 2.75) is 25.8 Å². The van der Waals surface area contributed by atoms with Crippen LogP contribution in [0.2, 0.25) is 0 Å². The lowest BCUT2D eigenvalue weighted by atomic mass is 10.1. The largest absolute Gasteiger partial charge is 0.375 e. The van der Waals surface area contributed by atoms with E-state index < -0.39 is 0 Å². The highest BCUT2D eigenvalue weighted by Gasteiger charge is 2.32. The number of benzene rings is 1. The van der Waals surface area contributed by atoms with Crippen LogP contribution in [0.15, 0.2) is 30.5 Å². The van der Waals surface area contributed by atoms with Gasteiger partial charge in [-0.05, 0) is 44.0 Å². The number of carbonyl (C=O) groups is 2. The molecule has 1 fully saturated rings. The van der Waals surface area contributed by atoms with Crippen molar-refractivity contribution in [3.8, 4) is 0 Å². The zero-order valence-electron chi connectivity index (χ0n) is 15.2. The predicted molar refractivity (Wildman–Crippen MR) is 96.7 cm³/mol. The number of ether oxygens (including phenoxy) is 1. The minimum atomic E-state index is -0.374. The van der Waals surface area contributed by atoms with Crippen LogP contribution in [0.5, 0.6) is 0 Å². The van der Waals surface area contributed by atoms with E-state index >= 15 is 0 Å². The lowest BCUT2D eigenvalue weighted by Gasteiger charge is -2.23. The van der Waals surface area contributed by atoms with E-state index in [1.165, 1.54) is 37.6 Å². The second kappa shape index (κ2) is 8.22. The van der Waals surface area contributed by atoms with Gasteiger partial charge in [-0.1, -0.05) is 0 Å². The molecule has 0 saturated carbocycles. The third kappa shape index (κ3) is 4.28. The molecule has 2 heterocycles. The topological polar surface area (TPSA) is 84.4 Å². The van der Waals surface area contributed by atoms with Crippen molar-refractivity contribution in [3.05, 3.63) is 53.4 Å². The zero-order chi connectivity index (χ0) is 19.4. The fraction of sp³-hybridized carbons (Fsp3) is 0.368. The van der Waals surface area contributed by atoms with E-state index in [0.717, 1.165) is 12.8 Å². The number of nitrogens with one attached hydrogen (secondary N) is 1. The van der Waals surface area contributed by atoms with E-state index in [9.17, 15) is 14.0 Å². The Labute approximate surface area is 156 Å². The van der Waals surface area contributed by atoms with Crippen LogP contribution in [-0.2, 0) is 9.53 Å². The van der Waals surface area contributed by atoms with Crippen LogP contribution in [-0.4, -0.2) is 46.9 Å². The number of anilines is 1. The number of aromatic nitrogens is 2. The second-order valence-corrected chi connectivity index (χ2v) is 6.37. The summed E-state index contributed by atoms with van der Waals surface area (Å²) in [7, 11) is 1.48. The van der Waals surface area contributed by atoms with E-state index in [1.54, 1.807) is 11.8 Å². The van der Waals surface area contributed by atoms with Crippen molar-refractivity contribution in [1.82, 2.24) is 14.9 Å². The molecule has 1 aromatic carbocycles. The summed E-state index contributed by atoms with van der Waals surface area (Å²) in [5.41, 5.74) is 1.33. The van der Waals surface area contributed by atoms with Crippen molar-refractivity contribution in [2.75, 3.05) is 25.6 Å². The first-order chi connectivity index (χ1) is 13.0. The molecule has 1 aliphatic heterocycles. The van der Waals surface area contributed by atoms with Crippen molar-refractivity contribution >= 4 is 17.5 Å². The highest BCUT2D eigenvalue weighted by Crippen LogP contribution is 2.30. The lowest BCUT2D eigenvalue weighted by Crippen LogP contribution is -2.34. The van der Waals surface area contributed by atoms with Gasteiger partial charge in [-0.2, -0.15) is 0 Å². The van der Waals surface area contributed by atoms with Crippen molar-refractivity contribution in [2.24, 2.45) is 0 Å². The van der Waals surface area contributed by atoms with Gasteiger partial charge >= 0.3 is 0 Å². The SMILES string of the molecule is COCC(=O)N1CCC[C@H]1c1ncc(C(=O)Nc2ccc(F)cc2)c(C)n1. The summed E-state index contributed by atoms with van der Waals surface area (Å²) in [4.78, 5) is 35.1. The van der Waals surface area contributed by atoms with Crippen LogP contribution in [0.25, 0.3) is 0 Å². The van der Waals surface area contributed by atoms with Gasteiger partial charge in [0.25, 0.3) is 5.91 Å².